The van der Waals surface area contributed by atoms with Crippen LogP contribution in [0.2, 0.25) is 0 Å². The number of hydrogen-bond donors (Lipinski definition) is 1. The molecule has 0 heterocycles. The lowest BCUT2D eigenvalue weighted by molar-refractivity contribution is -0.0507. The van der Waals surface area contributed by atoms with Gasteiger partial charge in [0.15, 0.2) is 0 Å². The first-order valence-electron chi connectivity index (χ1n) is 4.94. The highest BCUT2D eigenvalue weighted by atomic mass is 16.5. The van der Waals surface area contributed by atoms with Gasteiger partial charge in [-0.1, -0.05) is 6.92 Å². The number of methoxy groups -OCH3 is 1. The fraction of sp³-hybridized carbons (Fsp3) is 1.00. The first kappa shape index (κ1) is 12.9. The van der Waals surface area contributed by atoms with Crippen LogP contribution in [0.1, 0.15) is 27.2 Å². The SMILES string of the molecule is CCOCC(NC)C(C)(CC)OC. The summed E-state index contributed by atoms with van der Waals surface area (Å²) in [4.78, 5) is 0. The van der Waals surface area contributed by atoms with Gasteiger partial charge in [-0.2, -0.15) is 0 Å². The van der Waals surface area contributed by atoms with E-state index in [-0.39, 0.29) is 11.6 Å². The predicted octanol–water partition coefficient (Wildman–Crippen LogP) is 1.43. The van der Waals surface area contributed by atoms with Gasteiger partial charge in [-0.25, -0.2) is 0 Å². The van der Waals surface area contributed by atoms with Crippen LogP contribution < -0.4 is 5.32 Å². The number of rotatable bonds is 7. The molecule has 0 aliphatic carbocycles. The second-order valence-electron chi connectivity index (χ2n) is 3.37. The summed E-state index contributed by atoms with van der Waals surface area (Å²) in [6.45, 7) is 7.68. The molecule has 3 heteroatoms. The van der Waals surface area contributed by atoms with Crippen molar-refractivity contribution in [1.29, 1.82) is 0 Å². The van der Waals surface area contributed by atoms with Crippen LogP contribution in [-0.4, -0.2) is 39.0 Å². The molecular weight excluding hydrogens is 166 g/mol. The van der Waals surface area contributed by atoms with Crippen molar-refractivity contribution in [1.82, 2.24) is 5.32 Å². The van der Waals surface area contributed by atoms with E-state index in [9.17, 15) is 0 Å². The molecule has 1 N–H and O–H groups in total. The minimum Gasteiger partial charge on any atom is -0.380 e. The maximum absolute atomic E-state index is 5.49. The average molecular weight is 189 g/mol. The smallest absolute Gasteiger partial charge is 0.0822 e. The quantitative estimate of drug-likeness (QED) is 0.657. The molecule has 0 amide bonds. The zero-order chi connectivity index (χ0) is 10.3. The molecule has 2 unspecified atom stereocenters. The summed E-state index contributed by atoms with van der Waals surface area (Å²) >= 11 is 0. The molecule has 0 aromatic rings. The molecule has 0 rings (SSSR count). The van der Waals surface area contributed by atoms with Gasteiger partial charge in [0, 0.05) is 13.7 Å². The third-order valence-corrected chi connectivity index (χ3v) is 2.74. The van der Waals surface area contributed by atoms with Crippen molar-refractivity contribution in [3.63, 3.8) is 0 Å². The van der Waals surface area contributed by atoms with Gasteiger partial charge >= 0.3 is 0 Å². The minimum atomic E-state index is -0.135. The fourth-order valence-corrected chi connectivity index (χ4v) is 1.33. The molecular formula is C10H23NO2. The van der Waals surface area contributed by atoms with Gasteiger partial charge in [0.1, 0.15) is 0 Å². The first-order valence-corrected chi connectivity index (χ1v) is 4.94. The van der Waals surface area contributed by atoms with Crippen LogP contribution in [0.25, 0.3) is 0 Å². The molecule has 0 saturated carbocycles. The molecule has 2 atom stereocenters. The van der Waals surface area contributed by atoms with Gasteiger partial charge < -0.3 is 14.8 Å². The summed E-state index contributed by atoms with van der Waals surface area (Å²) in [6, 6.07) is 0.252. The number of ether oxygens (including phenoxy) is 2. The molecule has 0 fully saturated rings. The molecule has 0 bridgehead atoms. The highest BCUT2D eigenvalue weighted by molar-refractivity contribution is 4.87. The van der Waals surface area contributed by atoms with Gasteiger partial charge in [-0.05, 0) is 27.3 Å². The number of nitrogens with one attached hydrogen (secondary N) is 1. The van der Waals surface area contributed by atoms with Gasteiger partial charge in [-0.15, -0.1) is 0 Å². The first-order chi connectivity index (χ1) is 6.14. The van der Waals surface area contributed by atoms with E-state index in [1.54, 1.807) is 7.11 Å². The van der Waals surface area contributed by atoms with E-state index >= 15 is 0 Å². The largest absolute Gasteiger partial charge is 0.380 e. The van der Waals surface area contributed by atoms with Crippen LogP contribution in [-0.2, 0) is 9.47 Å². The van der Waals surface area contributed by atoms with Crippen LogP contribution in [0.3, 0.4) is 0 Å². The maximum atomic E-state index is 5.49. The summed E-state index contributed by atoms with van der Waals surface area (Å²) in [5, 5.41) is 3.23. The zero-order valence-corrected chi connectivity index (χ0v) is 9.52. The zero-order valence-electron chi connectivity index (χ0n) is 9.52. The van der Waals surface area contributed by atoms with E-state index in [1.807, 2.05) is 14.0 Å². The monoisotopic (exact) mass is 189 g/mol. The topological polar surface area (TPSA) is 30.5 Å². The molecule has 0 aromatic carbocycles. The summed E-state index contributed by atoms with van der Waals surface area (Å²) in [5.74, 6) is 0. The second kappa shape index (κ2) is 6.35. The van der Waals surface area contributed by atoms with Crippen molar-refractivity contribution < 1.29 is 9.47 Å². The lowest BCUT2D eigenvalue weighted by Gasteiger charge is -2.35. The van der Waals surface area contributed by atoms with Crippen molar-refractivity contribution in [2.24, 2.45) is 0 Å². The molecule has 3 nitrogen and oxygen atoms in total. The van der Waals surface area contributed by atoms with Crippen molar-refractivity contribution >= 4 is 0 Å². The van der Waals surface area contributed by atoms with E-state index in [2.05, 4.69) is 19.2 Å². The maximum Gasteiger partial charge on any atom is 0.0822 e. The van der Waals surface area contributed by atoms with Crippen molar-refractivity contribution in [3.05, 3.63) is 0 Å². The van der Waals surface area contributed by atoms with Gasteiger partial charge in [0.05, 0.1) is 18.2 Å². The molecule has 0 spiro atoms. The Morgan fingerprint density at radius 1 is 1.38 bits per heavy atom. The summed E-state index contributed by atoms with van der Waals surface area (Å²) in [7, 11) is 3.69. The van der Waals surface area contributed by atoms with E-state index in [4.69, 9.17) is 9.47 Å². The Hall–Kier alpha value is -0.120. The lowest BCUT2D eigenvalue weighted by atomic mass is 9.94. The Labute approximate surface area is 81.8 Å². The van der Waals surface area contributed by atoms with E-state index in [1.165, 1.54) is 0 Å². The Morgan fingerprint density at radius 2 is 2.00 bits per heavy atom. The number of hydrogen-bond acceptors (Lipinski definition) is 3. The average Bonchev–Trinajstić information content (AvgIpc) is 2.18. The third kappa shape index (κ3) is 3.63. The third-order valence-electron chi connectivity index (χ3n) is 2.74. The summed E-state index contributed by atoms with van der Waals surface area (Å²) < 4.78 is 10.9. The Morgan fingerprint density at radius 3 is 2.31 bits per heavy atom. The minimum absolute atomic E-state index is 0.135. The molecule has 0 aromatic heterocycles. The normalized spacial score (nSPS) is 18.2. The van der Waals surface area contributed by atoms with Crippen molar-refractivity contribution in [2.75, 3.05) is 27.4 Å². The highest BCUT2D eigenvalue weighted by Gasteiger charge is 2.31. The van der Waals surface area contributed by atoms with Crippen molar-refractivity contribution in [2.45, 2.75) is 38.8 Å². The van der Waals surface area contributed by atoms with Crippen LogP contribution >= 0.6 is 0 Å². The second-order valence-corrected chi connectivity index (χ2v) is 3.37. The highest BCUT2D eigenvalue weighted by Crippen LogP contribution is 2.19. The van der Waals surface area contributed by atoms with E-state index in [0.29, 0.717) is 6.61 Å². The Bertz CT molecular complexity index is 124. The van der Waals surface area contributed by atoms with Crippen LogP contribution in [0, 0.1) is 0 Å². The molecule has 80 valence electrons. The fourth-order valence-electron chi connectivity index (χ4n) is 1.33. The Balaban J connectivity index is 4.16. The lowest BCUT2D eigenvalue weighted by Crippen LogP contribution is -2.51. The molecule has 0 aliphatic rings. The standard InChI is InChI=1S/C10H23NO2/c1-6-10(3,12-5)9(11-4)8-13-7-2/h9,11H,6-8H2,1-5H3. The molecule has 0 saturated heterocycles. The Kier molecular flexibility index (Phi) is 6.29. The van der Waals surface area contributed by atoms with Gasteiger partial charge in [-0.3, -0.25) is 0 Å². The van der Waals surface area contributed by atoms with Crippen molar-refractivity contribution in [3.8, 4) is 0 Å². The van der Waals surface area contributed by atoms with E-state index in [0.717, 1.165) is 13.0 Å². The molecule has 0 aliphatic heterocycles. The van der Waals surface area contributed by atoms with Crippen LogP contribution in [0.5, 0.6) is 0 Å². The van der Waals surface area contributed by atoms with Gasteiger partial charge in [0.25, 0.3) is 0 Å². The summed E-state index contributed by atoms with van der Waals surface area (Å²) in [6.07, 6.45) is 0.974. The van der Waals surface area contributed by atoms with Crippen LogP contribution in [0.4, 0.5) is 0 Å². The molecule has 13 heavy (non-hydrogen) atoms. The predicted molar refractivity (Wildman–Crippen MR) is 55.0 cm³/mol. The number of likely N-dealkylation sites (N-methyl/N-ethyl adjacent to an activating group) is 1. The summed E-state index contributed by atoms with van der Waals surface area (Å²) in [5.41, 5.74) is -0.135. The van der Waals surface area contributed by atoms with Gasteiger partial charge in [0.2, 0.25) is 0 Å². The molecule has 0 radical (unpaired) electrons. The van der Waals surface area contributed by atoms with E-state index < -0.39 is 0 Å². The van der Waals surface area contributed by atoms with Crippen LogP contribution in [0.15, 0.2) is 0 Å².